The van der Waals surface area contributed by atoms with Gasteiger partial charge in [0, 0.05) is 50.9 Å². The van der Waals surface area contributed by atoms with Gasteiger partial charge in [-0.25, -0.2) is 4.79 Å². The number of aryl methyl sites for hydroxylation is 1. The Morgan fingerprint density at radius 3 is 2.15 bits per heavy atom. The van der Waals surface area contributed by atoms with Crippen LogP contribution < -0.4 is 25.7 Å². The van der Waals surface area contributed by atoms with Crippen molar-refractivity contribution in [2.24, 2.45) is 13.0 Å². The van der Waals surface area contributed by atoms with Crippen molar-refractivity contribution in [2.75, 3.05) is 60.5 Å². The molecule has 3 aromatic rings. The number of pyridine rings is 1. The van der Waals surface area contributed by atoms with E-state index in [2.05, 4.69) is 20.4 Å². The Kier molecular flexibility index (Phi) is 11.8. The maximum atomic E-state index is 13.4. The van der Waals surface area contributed by atoms with E-state index in [4.69, 9.17) is 9.47 Å². The number of rotatable bonds is 10. The second-order valence-corrected chi connectivity index (χ2v) is 16.9. The van der Waals surface area contributed by atoms with Crippen LogP contribution in [0.1, 0.15) is 93.8 Å². The average Bonchev–Trinajstić information content (AvgIpc) is 3.51. The van der Waals surface area contributed by atoms with Gasteiger partial charge in [-0.3, -0.25) is 39.1 Å². The number of urea groups is 1. The van der Waals surface area contributed by atoms with Crippen molar-refractivity contribution in [3.63, 3.8) is 0 Å². The van der Waals surface area contributed by atoms with E-state index in [0.29, 0.717) is 48.0 Å². The predicted octanol–water partition coefficient (Wildman–Crippen LogP) is 3.65. The van der Waals surface area contributed by atoms with Gasteiger partial charge in [0.25, 0.3) is 17.4 Å². The first-order chi connectivity index (χ1) is 29.0. The third-order valence-electron chi connectivity index (χ3n) is 13.5. The van der Waals surface area contributed by atoms with E-state index in [-0.39, 0.29) is 36.9 Å². The SMILES string of the molecule is CNC(=O)N1CCc2c(-c3cc(OC)c(CN4CCC(CCN5CCC(c6ccc7c(c6)C(=O)N(C6CCC(=O)NC6=O)C7=O)CC5)CC4)c(OC)c3)cn(C)c(=O)c2C1. The summed E-state index contributed by atoms with van der Waals surface area (Å²) in [6.45, 7) is 6.46. The van der Waals surface area contributed by atoms with Gasteiger partial charge in [0.2, 0.25) is 11.8 Å². The number of hydrogen-bond acceptors (Lipinski definition) is 10. The first kappa shape index (κ1) is 41.2. The maximum Gasteiger partial charge on any atom is 0.317 e. The van der Waals surface area contributed by atoms with Gasteiger partial charge in [0.15, 0.2) is 0 Å². The largest absolute Gasteiger partial charge is 0.496 e. The molecule has 6 heterocycles. The molecule has 0 aliphatic carbocycles. The summed E-state index contributed by atoms with van der Waals surface area (Å²) < 4.78 is 13.6. The number of benzene rings is 2. The second kappa shape index (κ2) is 17.2. The zero-order valence-corrected chi connectivity index (χ0v) is 35.0. The Balaban J connectivity index is 0.838. The minimum Gasteiger partial charge on any atom is -0.496 e. The smallest absolute Gasteiger partial charge is 0.317 e. The Bertz CT molecular complexity index is 2250. The van der Waals surface area contributed by atoms with Gasteiger partial charge < -0.3 is 29.2 Å². The third-order valence-corrected chi connectivity index (χ3v) is 13.5. The van der Waals surface area contributed by atoms with Crippen LogP contribution >= 0.6 is 0 Å². The van der Waals surface area contributed by atoms with E-state index in [9.17, 15) is 28.8 Å². The van der Waals surface area contributed by atoms with Crippen LogP contribution in [0.15, 0.2) is 41.3 Å². The molecule has 0 radical (unpaired) electrons. The van der Waals surface area contributed by atoms with Crippen molar-refractivity contribution >= 4 is 29.7 Å². The summed E-state index contributed by atoms with van der Waals surface area (Å²) in [5.74, 6) is 0.516. The van der Waals surface area contributed by atoms with Crippen LogP contribution in [0, 0.1) is 5.92 Å². The summed E-state index contributed by atoms with van der Waals surface area (Å²) in [6.07, 6.45) is 8.03. The molecule has 3 fully saturated rings. The lowest BCUT2D eigenvalue weighted by molar-refractivity contribution is -0.136. The number of ether oxygens (including phenoxy) is 2. The molecule has 2 N–H and O–H groups in total. The quantitative estimate of drug-likeness (QED) is 0.289. The number of amides is 6. The molecule has 0 spiro atoms. The monoisotopic (exact) mass is 821 g/mol. The number of methoxy groups -OCH3 is 2. The molecule has 2 aromatic carbocycles. The number of imide groups is 2. The lowest BCUT2D eigenvalue weighted by atomic mass is 9.87. The van der Waals surface area contributed by atoms with Crippen LogP contribution in [0.5, 0.6) is 11.5 Å². The van der Waals surface area contributed by atoms with Crippen molar-refractivity contribution in [2.45, 2.75) is 76.4 Å². The van der Waals surface area contributed by atoms with Crippen LogP contribution in [-0.4, -0.2) is 120 Å². The van der Waals surface area contributed by atoms with Crippen LogP contribution in [0.2, 0.25) is 0 Å². The van der Waals surface area contributed by atoms with E-state index < -0.39 is 23.8 Å². The number of nitrogens with zero attached hydrogens (tertiary/aromatic N) is 5. The average molecular weight is 822 g/mol. The van der Waals surface area contributed by atoms with Crippen molar-refractivity contribution in [1.82, 2.24) is 34.8 Å². The highest BCUT2D eigenvalue weighted by Gasteiger charge is 2.45. The van der Waals surface area contributed by atoms with E-state index in [0.717, 1.165) is 109 Å². The minimum absolute atomic E-state index is 0.0966. The summed E-state index contributed by atoms with van der Waals surface area (Å²) in [6, 6.07) is 8.46. The van der Waals surface area contributed by atoms with E-state index in [1.54, 1.807) is 43.8 Å². The van der Waals surface area contributed by atoms with E-state index in [1.807, 2.05) is 30.5 Å². The van der Waals surface area contributed by atoms with Gasteiger partial charge in [-0.05, 0) is 130 Å². The Morgan fingerprint density at radius 2 is 1.48 bits per heavy atom. The number of aromatic nitrogens is 1. The zero-order chi connectivity index (χ0) is 42.2. The molecule has 8 rings (SSSR count). The summed E-state index contributed by atoms with van der Waals surface area (Å²) in [5.41, 5.74) is 6.07. The molecule has 0 saturated carbocycles. The fourth-order valence-electron chi connectivity index (χ4n) is 9.93. The summed E-state index contributed by atoms with van der Waals surface area (Å²) in [7, 11) is 6.71. The van der Waals surface area contributed by atoms with Crippen LogP contribution in [-0.2, 0) is 36.1 Å². The third kappa shape index (κ3) is 7.92. The van der Waals surface area contributed by atoms with Gasteiger partial charge in [0.1, 0.15) is 17.5 Å². The number of nitrogens with one attached hydrogen (secondary N) is 2. The van der Waals surface area contributed by atoms with Crippen LogP contribution in [0.3, 0.4) is 0 Å². The predicted molar refractivity (Wildman–Crippen MR) is 223 cm³/mol. The number of piperidine rings is 3. The number of fused-ring (bicyclic) bond motifs is 2. The number of carbonyl (C=O) groups excluding carboxylic acids is 5. The second-order valence-electron chi connectivity index (χ2n) is 16.9. The molecule has 15 heteroatoms. The summed E-state index contributed by atoms with van der Waals surface area (Å²) in [5, 5.41) is 4.93. The Hall–Kier alpha value is -5.54. The fourth-order valence-corrected chi connectivity index (χ4v) is 9.93. The standard InChI is InChI=1S/C45H55N7O8/c1-46-45(58)51-20-14-31-34(24-48(2)42(55)35(31)26-51)30-22-38(59-3)36(39(23-30)60-4)25-50-16-10-27(11-17-50)9-15-49-18-12-28(13-19-49)29-5-6-32-33(21-29)44(57)52(43(32)56)37-7-8-40(53)47-41(37)54/h5-6,21-24,27-28,37H,7-20,25-26H2,1-4H3,(H,46,58)(H,47,53,54). The van der Waals surface area contributed by atoms with Crippen molar-refractivity contribution in [3.05, 3.63) is 80.3 Å². The molecule has 60 heavy (non-hydrogen) atoms. The highest BCUT2D eigenvalue weighted by atomic mass is 16.5. The van der Waals surface area contributed by atoms with Crippen molar-refractivity contribution in [3.8, 4) is 22.6 Å². The van der Waals surface area contributed by atoms with Crippen LogP contribution in [0.4, 0.5) is 4.79 Å². The Labute approximate surface area is 349 Å². The lowest BCUT2D eigenvalue weighted by Crippen LogP contribution is -2.54. The van der Waals surface area contributed by atoms with E-state index >= 15 is 0 Å². The van der Waals surface area contributed by atoms with Crippen molar-refractivity contribution in [1.29, 1.82) is 0 Å². The first-order valence-electron chi connectivity index (χ1n) is 21.2. The first-order valence-corrected chi connectivity index (χ1v) is 21.2. The van der Waals surface area contributed by atoms with Gasteiger partial charge in [0.05, 0.1) is 37.5 Å². The summed E-state index contributed by atoms with van der Waals surface area (Å²) in [4.78, 5) is 83.9. The number of carbonyl (C=O) groups is 5. The van der Waals surface area contributed by atoms with Gasteiger partial charge in [-0.2, -0.15) is 0 Å². The molecule has 15 nitrogen and oxygen atoms in total. The fraction of sp³-hybridized carbons (Fsp3) is 0.511. The van der Waals surface area contributed by atoms with E-state index in [1.165, 1.54) is 0 Å². The molecule has 5 aliphatic heterocycles. The number of hydrogen-bond donors (Lipinski definition) is 2. The Morgan fingerprint density at radius 1 is 0.800 bits per heavy atom. The molecule has 1 atom stereocenters. The maximum absolute atomic E-state index is 13.4. The van der Waals surface area contributed by atoms with Gasteiger partial charge in [-0.15, -0.1) is 0 Å². The highest BCUT2D eigenvalue weighted by molar-refractivity contribution is 6.23. The molecule has 0 bridgehead atoms. The van der Waals surface area contributed by atoms with Crippen LogP contribution in [0.25, 0.3) is 11.1 Å². The summed E-state index contributed by atoms with van der Waals surface area (Å²) >= 11 is 0. The molecule has 6 amide bonds. The highest BCUT2D eigenvalue weighted by Crippen LogP contribution is 2.39. The van der Waals surface area contributed by atoms with Gasteiger partial charge >= 0.3 is 6.03 Å². The molecule has 3 saturated heterocycles. The van der Waals surface area contributed by atoms with Crippen molar-refractivity contribution < 1.29 is 33.4 Å². The normalized spacial score (nSPS) is 20.6. The van der Waals surface area contributed by atoms with Gasteiger partial charge in [-0.1, -0.05) is 6.07 Å². The molecule has 318 valence electrons. The zero-order valence-electron chi connectivity index (χ0n) is 35.0. The lowest BCUT2D eigenvalue weighted by Gasteiger charge is -2.36. The minimum atomic E-state index is -0.961. The topological polar surface area (TPSA) is 163 Å². The molecular weight excluding hydrogens is 767 g/mol. The molecule has 1 aromatic heterocycles. The number of likely N-dealkylation sites (tertiary alicyclic amines) is 2. The molecular formula is C45H55N7O8. The molecule has 1 unspecified atom stereocenters. The molecule has 5 aliphatic rings.